The number of hydrogen-bond donors (Lipinski definition) is 2. The van der Waals surface area contributed by atoms with E-state index in [0.717, 1.165) is 44.5 Å². The van der Waals surface area contributed by atoms with Crippen molar-refractivity contribution >= 4 is 27.5 Å². The zero-order valence-corrected chi connectivity index (χ0v) is 19.1. The molecular weight excluding hydrogens is 416 g/mol. The fraction of sp³-hybridized carbons (Fsp3) is 0.636. The topological polar surface area (TPSA) is 98.8 Å². The second-order valence-electron chi connectivity index (χ2n) is 8.49. The number of anilines is 1. The molecule has 2 aliphatic rings. The molecule has 2 fully saturated rings. The van der Waals surface area contributed by atoms with Gasteiger partial charge in [-0.15, -0.1) is 0 Å². The third kappa shape index (κ3) is 7.02. The summed E-state index contributed by atoms with van der Waals surface area (Å²) in [5.41, 5.74) is 0.789. The Morgan fingerprint density at radius 2 is 1.77 bits per heavy atom. The Labute approximate surface area is 185 Å². The molecule has 2 N–H and O–H groups in total. The molecule has 2 aliphatic heterocycles. The summed E-state index contributed by atoms with van der Waals surface area (Å²) in [7, 11) is -3.27. The van der Waals surface area contributed by atoms with Gasteiger partial charge in [0.15, 0.2) is 0 Å². The van der Waals surface area contributed by atoms with E-state index in [1.165, 1.54) is 4.31 Å². The molecule has 8 nitrogen and oxygen atoms in total. The fourth-order valence-electron chi connectivity index (χ4n) is 4.28. The van der Waals surface area contributed by atoms with Crippen LogP contribution in [0.4, 0.5) is 5.69 Å². The Kier molecular flexibility index (Phi) is 8.45. The molecule has 2 heterocycles. The molecule has 1 aromatic carbocycles. The normalized spacial score (nSPS) is 21.5. The first-order chi connectivity index (χ1) is 14.9. The van der Waals surface area contributed by atoms with Gasteiger partial charge < -0.3 is 10.6 Å². The van der Waals surface area contributed by atoms with Crippen molar-refractivity contribution in [2.24, 2.45) is 5.92 Å². The van der Waals surface area contributed by atoms with E-state index in [1.807, 2.05) is 37.3 Å². The predicted molar refractivity (Wildman–Crippen MR) is 121 cm³/mol. The van der Waals surface area contributed by atoms with Crippen molar-refractivity contribution in [3.05, 3.63) is 30.3 Å². The molecule has 1 aromatic rings. The molecule has 1 atom stereocenters. The maximum atomic E-state index is 12.7. The molecule has 2 amide bonds. The zero-order chi connectivity index (χ0) is 22.3. The van der Waals surface area contributed by atoms with Gasteiger partial charge in [-0.3, -0.25) is 14.5 Å². The molecular formula is C22H34N4O4S. The quantitative estimate of drug-likeness (QED) is 0.628. The number of benzene rings is 1. The van der Waals surface area contributed by atoms with Crippen molar-refractivity contribution in [3.63, 3.8) is 0 Å². The van der Waals surface area contributed by atoms with Crippen molar-refractivity contribution in [2.75, 3.05) is 43.8 Å². The second kappa shape index (κ2) is 11.1. The lowest BCUT2D eigenvalue weighted by atomic mass is 9.97. The van der Waals surface area contributed by atoms with Crippen LogP contribution in [0.1, 0.15) is 39.0 Å². The average molecular weight is 451 g/mol. The lowest BCUT2D eigenvalue weighted by Gasteiger charge is -2.35. The number of carbonyl (C=O) groups excluding carboxylic acids is 2. The molecule has 0 radical (unpaired) electrons. The van der Waals surface area contributed by atoms with Crippen molar-refractivity contribution in [2.45, 2.75) is 45.1 Å². The van der Waals surface area contributed by atoms with Crippen LogP contribution in [0.25, 0.3) is 0 Å². The van der Waals surface area contributed by atoms with Crippen LogP contribution < -0.4 is 10.6 Å². The summed E-state index contributed by atoms with van der Waals surface area (Å²) in [6.45, 7) is 4.47. The summed E-state index contributed by atoms with van der Waals surface area (Å²) in [5, 5.41) is 6.02. The van der Waals surface area contributed by atoms with Gasteiger partial charge in [-0.1, -0.05) is 25.1 Å². The third-order valence-corrected chi connectivity index (χ3v) is 8.01. The predicted octanol–water partition coefficient (Wildman–Crippen LogP) is 1.66. The van der Waals surface area contributed by atoms with E-state index in [4.69, 9.17) is 0 Å². The summed E-state index contributed by atoms with van der Waals surface area (Å²) in [5.74, 6) is -0.228. The van der Waals surface area contributed by atoms with Gasteiger partial charge in [0.05, 0.1) is 18.2 Å². The first-order valence-corrected chi connectivity index (χ1v) is 12.8. The van der Waals surface area contributed by atoms with E-state index in [1.54, 1.807) is 0 Å². The van der Waals surface area contributed by atoms with Crippen LogP contribution in [0.3, 0.4) is 0 Å². The van der Waals surface area contributed by atoms with Crippen LogP contribution in [0.15, 0.2) is 30.3 Å². The molecule has 0 bridgehead atoms. The number of likely N-dealkylation sites (tertiary alicyclic amines) is 1. The number of piperidine rings is 2. The lowest BCUT2D eigenvalue weighted by Crippen LogP contribution is -2.51. The Morgan fingerprint density at radius 1 is 1.06 bits per heavy atom. The second-order valence-corrected chi connectivity index (χ2v) is 10.6. The molecule has 3 rings (SSSR count). The van der Waals surface area contributed by atoms with Crippen molar-refractivity contribution in [3.8, 4) is 0 Å². The molecule has 172 valence electrons. The van der Waals surface area contributed by atoms with Crippen LogP contribution in [0.2, 0.25) is 0 Å². The number of nitrogens with zero attached hydrogens (tertiary/aromatic N) is 2. The SMILES string of the molecule is CCCS(=O)(=O)N1CCCC(C(=O)NC2CCN(CC(=O)Nc3ccccc3)CC2)C1. The number of amides is 2. The Bertz CT molecular complexity index is 838. The van der Waals surface area contributed by atoms with E-state index in [9.17, 15) is 18.0 Å². The summed E-state index contributed by atoms with van der Waals surface area (Å²) >= 11 is 0. The fourth-order valence-corrected chi connectivity index (χ4v) is 5.86. The lowest BCUT2D eigenvalue weighted by molar-refractivity contribution is -0.127. The Hall–Kier alpha value is -1.97. The third-order valence-electron chi connectivity index (χ3n) is 5.97. The van der Waals surface area contributed by atoms with Crippen LogP contribution >= 0.6 is 0 Å². The minimum atomic E-state index is -3.27. The highest BCUT2D eigenvalue weighted by Gasteiger charge is 2.33. The minimum absolute atomic E-state index is 0.0377. The summed E-state index contributed by atoms with van der Waals surface area (Å²) < 4.78 is 26.2. The molecule has 2 saturated heterocycles. The van der Waals surface area contributed by atoms with E-state index in [-0.39, 0.29) is 36.1 Å². The molecule has 1 unspecified atom stereocenters. The monoisotopic (exact) mass is 450 g/mol. The van der Waals surface area contributed by atoms with Gasteiger partial charge in [0, 0.05) is 37.9 Å². The van der Waals surface area contributed by atoms with Crippen LogP contribution in [0, 0.1) is 5.92 Å². The van der Waals surface area contributed by atoms with Gasteiger partial charge in [0.25, 0.3) is 0 Å². The molecule has 0 aliphatic carbocycles. The molecule has 0 spiro atoms. The smallest absolute Gasteiger partial charge is 0.238 e. The molecule has 9 heteroatoms. The zero-order valence-electron chi connectivity index (χ0n) is 18.3. The molecule has 0 aromatic heterocycles. The van der Waals surface area contributed by atoms with Crippen LogP contribution in [-0.4, -0.2) is 74.0 Å². The van der Waals surface area contributed by atoms with Crippen LogP contribution in [-0.2, 0) is 19.6 Å². The van der Waals surface area contributed by atoms with Gasteiger partial charge in [0.1, 0.15) is 0 Å². The number of rotatable bonds is 8. The van der Waals surface area contributed by atoms with Gasteiger partial charge in [0.2, 0.25) is 21.8 Å². The maximum absolute atomic E-state index is 12.7. The maximum Gasteiger partial charge on any atom is 0.238 e. The average Bonchev–Trinajstić information content (AvgIpc) is 2.76. The van der Waals surface area contributed by atoms with Gasteiger partial charge in [-0.25, -0.2) is 12.7 Å². The van der Waals surface area contributed by atoms with Crippen molar-refractivity contribution in [1.29, 1.82) is 0 Å². The Morgan fingerprint density at radius 3 is 2.45 bits per heavy atom. The molecule has 31 heavy (non-hydrogen) atoms. The highest BCUT2D eigenvalue weighted by Crippen LogP contribution is 2.21. The number of nitrogens with one attached hydrogen (secondary N) is 2. The van der Waals surface area contributed by atoms with Gasteiger partial charge >= 0.3 is 0 Å². The number of sulfonamides is 1. The highest BCUT2D eigenvalue weighted by atomic mass is 32.2. The van der Waals surface area contributed by atoms with E-state index in [0.29, 0.717) is 19.5 Å². The minimum Gasteiger partial charge on any atom is -0.353 e. The van der Waals surface area contributed by atoms with Crippen molar-refractivity contribution in [1.82, 2.24) is 14.5 Å². The van der Waals surface area contributed by atoms with E-state index < -0.39 is 10.0 Å². The molecule has 0 saturated carbocycles. The first-order valence-electron chi connectivity index (χ1n) is 11.2. The summed E-state index contributed by atoms with van der Waals surface area (Å²) in [6, 6.07) is 9.47. The van der Waals surface area contributed by atoms with Gasteiger partial charge in [-0.2, -0.15) is 0 Å². The van der Waals surface area contributed by atoms with E-state index in [2.05, 4.69) is 15.5 Å². The van der Waals surface area contributed by atoms with E-state index >= 15 is 0 Å². The first kappa shape index (κ1) is 23.7. The Balaban J connectivity index is 1.41. The summed E-state index contributed by atoms with van der Waals surface area (Å²) in [4.78, 5) is 27.1. The van der Waals surface area contributed by atoms with Crippen LogP contribution in [0.5, 0.6) is 0 Å². The number of para-hydroxylation sites is 1. The standard InChI is InChI=1S/C22H34N4O4S/c1-2-15-31(29,30)26-12-6-7-18(16-26)22(28)24-20-10-13-25(14-11-20)17-21(27)23-19-8-4-3-5-9-19/h3-5,8-9,18,20H,2,6-7,10-17H2,1H3,(H,23,27)(H,24,28). The summed E-state index contributed by atoms with van der Waals surface area (Å²) in [6.07, 6.45) is 3.60. The largest absolute Gasteiger partial charge is 0.353 e. The number of hydrogen-bond acceptors (Lipinski definition) is 5. The number of carbonyl (C=O) groups is 2. The van der Waals surface area contributed by atoms with Gasteiger partial charge in [-0.05, 0) is 44.2 Å². The highest BCUT2D eigenvalue weighted by molar-refractivity contribution is 7.89. The van der Waals surface area contributed by atoms with Crippen molar-refractivity contribution < 1.29 is 18.0 Å².